The Morgan fingerprint density at radius 3 is 2.50 bits per heavy atom. The number of aryl methyl sites for hydroxylation is 1. The molecule has 6 rings (SSSR count). The van der Waals surface area contributed by atoms with Crippen LogP contribution in [0.2, 0.25) is 10.0 Å². The van der Waals surface area contributed by atoms with E-state index in [4.69, 9.17) is 37.8 Å². The first-order chi connectivity index (χ1) is 21.9. The second-order valence-corrected chi connectivity index (χ2v) is 14.5. The van der Waals surface area contributed by atoms with Crippen molar-refractivity contribution in [2.45, 2.75) is 90.4 Å². The van der Waals surface area contributed by atoms with Gasteiger partial charge in [-0.15, -0.1) is 5.10 Å². The number of likely N-dealkylation sites (tertiary alicyclic amines) is 1. The Morgan fingerprint density at radius 1 is 1.07 bits per heavy atom. The van der Waals surface area contributed by atoms with Gasteiger partial charge in [0.25, 0.3) is 0 Å². The molecular formula is C35H42Cl2N6O3. The molecular weight excluding hydrogens is 623 g/mol. The van der Waals surface area contributed by atoms with Crippen LogP contribution in [0.15, 0.2) is 48.7 Å². The Morgan fingerprint density at radius 2 is 1.80 bits per heavy atom. The molecule has 2 aliphatic heterocycles. The van der Waals surface area contributed by atoms with E-state index in [1.165, 1.54) is 5.56 Å². The zero-order valence-corrected chi connectivity index (χ0v) is 28.7. The molecule has 4 aromatic rings. The standard InChI is InChI=1S/C35H42Cl2N6O3/c1-23-30(24(2)43(39-23)27-8-11-31(36)32(37)18-27)19-33(44)41-15-13-35(14-16-41)20-28(12-17-46-35)42-21-26(38-40-42)22-45-29-9-6-25(7-10-29)34(3,4)5/h6-11,18,21,28H,12-17,19-20,22H2,1-5H3. The van der Waals surface area contributed by atoms with E-state index in [-0.39, 0.29) is 23.0 Å². The maximum Gasteiger partial charge on any atom is 0.227 e. The normalized spacial score (nSPS) is 18.2. The van der Waals surface area contributed by atoms with Gasteiger partial charge in [0.1, 0.15) is 18.1 Å². The van der Waals surface area contributed by atoms with Gasteiger partial charge in [0.2, 0.25) is 5.91 Å². The number of amides is 1. The Kier molecular flexibility index (Phi) is 9.20. The molecule has 11 heteroatoms. The number of halogens is 2. The van der Waals surface area contributed by atoms with Crippen LogP contribution in [-0.4, -0.2) is 60.9 Å². The molecule has 244 valence electrons. The van der Waals surface area contributed by atoms with Crippen LogP contribution >= 0.6 is 23.2 Å². The molecule has 1 unspecified atom stereocenters. The molecule has 46 heavy (non-hydrogen) atoms. The van der Waals surface area contributed by atoms with E-state index in [1.807, 2.05) is 52.5 Å². The molecule has 0 aliphatic carbocycles. The number of piperidine rings is 1. The van der Waals surface area contributed by atoms with E-state index in [9.17, 15) is 4.79 Å². The van der Waals surface area contributed by atoms with Crippen LogP contribution < -0.4 is 4.74 Å². The molecule has 0 saturated carbocycles. The van der Waals surface area contributed by atoms with Crippen molar-refractivity contribution >= 4 is 29.1 Å². The van der Waals surface area contributed by atoms with Gasteiger partial charge in [-0.25, -0.2) is 9.36 Å². The van der Waals surface area contributed by atoms with Crippen LogP contribution in [0, 0.1) is 13.8 Å². The van der Waals surface area contributed by atoms with Crippen molar-refractivity contribution in [2.24, 2.45) is 0 Å². The minimum atomic E-state index is -0.262. The highest BCUT2D eigenvalue weighted by molar-refractivity contribution is 6.42. The number of nitrogens with zero attached hydrogens (tertiary/aromatic N) is 6. The number of aromatic nitrogens is 5. The van der Waals surface area contributed by atoms with Crippen molar-refractivity contribution < 1.29 is 14.3 Å². The minimum absolute atomic E-state index is 0.104. The molecule has 2 fully saturated rings. The molecule has 0 bridgehead atoms. The van der Waals surface area contributed by atoms with Gasteiger partial charge in [0.05, 0.1) is 45.7 Å². The lowest BCUT2D eigenvalue weighted by atomic mass is 9.82. The molecule has 2 aliphatic rings. The minimum Gasteiger partial charge on any atom is -0.487 e. The quantitative estimate of drug-likeness (QED) is 0.207. The lowest BCUT2D eigenvalue weighted by Gasteiger charge is -2.46. The van der Waals surface area contributed by atoms with E-state index >= 15 is 0 Å². The topological polar surface area (TPSA) is 87.3 Å². The molecule has 2 aromatic heterocycles. The van der Waals surface area contributed by atoms with Crippen LogP contribution in [0.25, 0.3) is 5.69 Å². The highest BCUT2D eigenvalue weighted by Gasteiger charge is 2.42. The third kappa shape index (κ3) is 6.97. The molecule has 0 radical (unpaired) electrons. The number of hydrogen-bond donors (Lipinski definition) is 0. The average molecular weight is 666 g/mol. The summed E-state index contributed by atoms with van der Waals surface area (Å²) in [5.74, 6) is 0.926. The number of hydrogen-bond acceptors (Lipinski definition) is 6. The second kappa shape index (κ2) is 13.0. The predicted octanol–water partition coefficient (Wildman–Crippen LogP) is 7.22. The SMILES string of the molecule is Cc1nn(-c2ccc(Cl)c(Cl)c2)c(C)c1CC(=O)N1CCC2(CC1)CC(n1cc(COc3ccc(C(C)(C)C)cc3)nn1)CCO2. The van der Waals surface area contributed by atoms with E-state index in [2.05, 4.69) is 43.2 Å². The summed E-state index contributed by atoms with van der Waals surface area (Å²) in [7, 11) is 0. The van der Waals surface area contributed by atoms with Gasteiger partial charge in [-0.2, -0.15) is 5.10 Å². The van der Waals surface area contributed by atoms with Crippen LogP contribution in [0.4, 0.5) is 0 Å². The molecule has 4 heterocycles. The summed E-state index contributed by atoms with van der Waals surface area (Å²) in [5.41, 5.74) is 5.43. The lowest BCUT2D eigenvalue weighted by Crippen LogP contribution is -2.51. The second-order valence-electron chi connectivity index (χ2n) is 13.6. The average Bonchev–Trinajstić information content (AvgIpc) is 3.62. The number of benzene rings is 2. The molecule has 2 aromatic carbocycles. The monoisotopic (exact) mass is 664 g/mol. The Bertz CT molecular complexity index is 1700. The fourth-order valence-electron chi connectivity index (χ4n) is 6.57. The molecule has 1 atom stereocenters. The highest BCUT2D eigenvalue weighted by Crippen LogP contribution is 2.39. The van der Waals surface area contributed by atoms with Crippen LogP contribution in [0.5, 0.6) is 5.75 Å². The maximum absolute atomic E-state index is 13.5. The van der Waals surface area contributed by atoms with Crippen LogP contribution in [-0.2, 0) is 28.0 Å². The summed E-state index contributed by atoms with van der Waals surface area (Å²) in [5, 5.41) is 14.5. The highest BCUT2D eigenvalue weighted by atomic mass is 35.5. The molecule has 1 spiro atoms. The van der Waals surface area contributed by atoms with Crippen molar-refractivity contribution in [3.63, 3.8) is 0 Å². The van der Waals surface area contributed by atoms with E-state index in [0.717, 1.165) is 59.8 Å². The summed E-state index contributed by atoms with van der Waals surface area (Å²) in [6, 6.07) is 13.9. The van der Waals surface area contributed by atoms with Crippen molar-refractivity contribution in [3.05, 3.63) is 86.9 Å². The van der Waals surface area contributed by atoms with Crippen molar-refractivity contribution in [2.75, 3.05) is 19.7 Å². The van der Waals surface area contributed by atoms with Gasteiger partial charge in [-0.05, 0) is 80.8 Å². The van der Waals surface area contributed by atoms with Gasteiger partial charge in [-0.3, -0.25) is 4.79 Å². The number of carbonyl (C=O) groups is 1. The molecule has 0 N–H and O–H groups in total. The number of carbonyl (C=O) groups excluding carboxylic acids is 1. The van der Waals surface area contributed by atoms with E-state index < -0.39 is 0 Å². The summed E-state index contributed by atoms with van der Waals surface area (Å²) >= 11 is 12.4. The number of rotatable bonds is 7. The van der Waals surface area contributed by atoms with E-state index in [1.54, 1.807) is 12.1 Å². The van der Waals surface area contributed by atoms with Crippen molar-refractivity contribution in [1.29, 1.82) is 0 Å². The molecule has 2 saturated heterocycles. The van der Waals surface area contributed by atoms with E-state index in [0.29, 0.717) is 42.8 Å². The third-order valence-corrected chi connectivity index (χ3v) is 10.2. The predicted molar refractivity (Wildman–Crippen MR) is 179 cm³/mol. The Balaban J connectivity index is 1.03. The molecule has 1 amide bonds. The maximum atomic E-state index is 13.5. The fourth-order valence-corrected chi connectivity index (χ4v) is 6.86. The van der Waals surface area contributed by atoms with Crippen molar-refractivity contribution in [1.82, 2.24) is 29.7 Å². The zero-order valence-electron chi connectivity index (χ0n) is 27.2. The smallest absolute Gasteiger partial charge is 0.227 e. The largest absolute Gasteiger partial charge is 0.487 e. The summed E-state index contributed by atoms with van der Waals surface area (Å²) < 4.78 is 16.2. The Labute approximate surface area is 280 Å². The molecule has 9 nitrogen and oxygen atoms in total. The summed E-state index contributed by atoms with van der Waals surface area (Å²) in [6.07, 6.45) is 5.62. The van der Waals surface area contributed by atoms with Gasteiger partial charge < -0.3 is 14.4 Å². The summed E-state index contributed by atoms with van der Waals surface area (Å²) in [4.78, 5) is 15.4. The van der Waals surface area contributed by atoms with Gasteiger partial charge in [-0.1, -0.05) is 61.3 Å². The van der Waals surface area contributed by atoms with Crippen LogP contribution in [0.1, 0.15) is 80.7 Å². The number of ether oxygens (including phenoxy) is 2. The fraction of sp³-hybridized carbons (Fsp3) is 0.486. The zero-order chi connectivity index (χ0) is 32.6. The van der Waals surface area contributed by atoms with Gasteiger partial charge >= 0.3 is 0 Å². The first kappa shape index (κ1) is 32.5. The lowest BCUT2D eigenvalue weighted by molar-refractivity contribution is -0.146. The van der Waals surface area contributed by atoms with Gasteiger partial charge in [0.15, 0.2) is 0 Å². The van der Waals surface area contributed by atoms with Crippen LogP contribution in [0.3, 0.4) is 0 Å². The third-order valence-electron chi connectivity index (χ3n) is 9.45. The summed E-state index contributed by atoms with van der Waals surface area (Å²) in [6.45, 7) is 12.9. The first-order valence-corrected chi connectivity index (χ1v) is 16.7. The van der Waals surface area contributed by atoms with Crippen molar-refractivity contribution in [3.8, 4) is 11.4 Å². The Hall–Kier alpha value is -3.40. The first-order valence-electron chi connectivity index (χ1n) is 16.0. The van der Waals surface area contributed by atoms with Gasteiger partial charge in [0, 0.05) is 31.0 Å².